The van der Waals surface area contributed by atoms with Gasteiger partial charge in [-0.2, -0.15) is 0 Å². The van der Waals surface area contributed by atoms with Crippen molar-refractivity contribution in [2.45, 2.75) is 43.8 Å². The molecule has 0 bridgehead atoms. The van der Waals surface area contributed by atoms with Crippen molar-refractivity contribution in [1.29, 1.82) is 0 Å². The SMILES string of the molecule is NC(Cc1c[nH]c2ccccc12)C(=O)NCC(=O)NC(CCC(=O)O)C(=O)NC(Cc1c[nH]c2ccccc12)C(=O)O. The highest BCUT2D eigenvalue weighted by atomic mass is 16.4. The Morgan fingerprint density at radius 2 is 1.33 bits per heavy atom. The number of H-pyrrole nitrogens is 2. The second-order valence-corrected chi connectivity index (χ2v) is 9.90. The van der Waals surface area contributed by atoms with Crippen LogP contribution in [0, 0.1) is 0 Å². The average Bonchev–Trinajstić information content (AvgIpc) is 3.57. The molecule has 13 nitrogen and oxygen atoms in total. The van der Waals surface area contributed by atoms with Crippen LogP contribution < -0.4 is 21.7 Å². The summed E-state index contributed by atoms with van der Waals surface area (Å²) in [5.41, 5.74) is 9.25. The fourth-order valence-electron chi connectivity index (χ4n) is 4.70. The van der Waals surface area contributed by atoms with Gasteiger partial charge in [0.2, 0.25) is 17.7 Å². The first-order valence-corrected chi connectivity index (χ1v) is 13.3. The molecule has 2 aromatic heterocycles. The molecule has 2 aromatic carbocycles. The third-order valence-electron chi connectivity index (χ3n) is 6.89. The van der Waals surface area contributed by atoms with E-state index in [1.807, 2.05) is 42.5 Å². The minimum absolute atomic E-state index is 0.0466. The number of nitrogens with one attached hydrogen (secondary N) is 5. The molecular formula is C29H32N6O7. The van der Waals surface area contributed by atoms with Gasteiger partial charge in [0.25, 0.3) is 0 Å². The van der Waals surface area contributed by atoms with Crippen molar-refractivity contribution in [3.05, 3.63) is 72.1 Å². The van der Waals surface area contributed by atoms with Gasteiger partial charge in [-0.25, -0.2) is 4.79 Å². The number of hydrogen-bond donors (Lipinski definition) is 8. The minimum atomic E-state index is -1.35. The highest BCUT2D eigenvalue weighted by Gasteiger charge is 2.28. The van der Waals surface area contributed by atoms with E-state index in [9.17, 15) is 29.1 Å². The number of fused-ring (bicyclic) bond motifs is 2. The van der Waals surface area contributed by atoms with Crippen molar-refractivity contribution in [1.82, 2.24) is 25.9 Å². The van der Waals surface area contributed by atoms with Crippen LogP contribution in [-0.2, 0) is 36.8 Å². The zero-order valence-corrected chi connectivity index (χ0v) is 22.6. The number of nitrogens with two attached hydrogens (primary N) is 1. The van der Waals surface area contributed by atoms with Gasteiger partial charge in [-0.3, -0.25) is 19.2 Å². The van der Waals surface area contributed by atoms with Gasteiger partial charge < -0.3 is 41.9 Å². The van der Waals surface area contributed by atoms with Crippen molar-refractivity contribution in [3.63, 3.8) is 0 Å². The quantitative estimate of drug-likeness (QED) is 0.107. The first-order chi connectivity index (χ1) is 20.1. The van der Waals surface area contributed by atoms with Crippen LogP contribution >= 0.6 is 0 Å². The van der Waals surface area contributed by atoms with Gasteiger partial charge in [0.1, 0.15) is 12.1 Å². The van der Waals surface area contributed by atoms with E-state index in [2.05, 4.69) is 25.9 Å². The lowest BCUT2D eigenvalue weighted by Crippen LogP contribution is -2.54. The Morgan fingerprint density at radius 1 is 0.762 bits per heavy atom. The number of carbonyl (C=O) groups excluding carboxylic acids is 3. The maximum absolute atomic E-state index is 13.0. The Labute approximate surface area is 239 Å². The second-order valence-electron chi connectivity index (χ2n) is 9.90. The number of hydrogen-bond acceptors (Lipinski definition) is 6. The fraction of sp³-hybridized carbons (Fsp3) is 0.276. The van der Waals surface area contributed by atoms with Crippen molar-refractivity contribution in [3.8, 4) is 0 Å². The summed E-state index contributed by atoms with van der Waals surface area (Å²) in [5.74, 6) is -4.72. The number of benzene rings is 2. The van der Waals surface area contributed by atoms with Crippen LogP contribution in [0.3, 0.4) is 0 Å². The van der Waals surface area contributed by atoms with E-state index in [-0.39, 0.29) is 19.3 Å². The van der Waals surface area contributed by atoms with Crippen LogP contribution in [0.1, 0.15) is 24.0 Å². The standard InChI is InChI=1S/C29H32N6O7/c30-20(11-16-13-31-21-7-3-1-5-18(16)21)27(39)33-15-25(36)34-23(9-10-26(37)38)28(40)35-24(29(41)42)12-17-14-32-22-8-4-2-6-19(17)22/h1-8,13-14,20,23-24,31-32H,9-12,15,30H2,(H,33,39)(H,34,36)(H,35,40)(H,37,38)(H,41,42). The Bertz CT molecular complexity index is 1610. The van der Waals surface area contributed by atoms with E-state index < -0.39 is 60.8 Å². The van der Waals surface area contributed by atoms with Crippen LogP contribution in [-0.4, -0.2) is 74.5 Å². The number of carbonyl (C=O) groups is 5. The van der Waals surface area contributed by atoms with E-state index in [1.54, 1.807) is 18.5 Å². The second kappa shape index (κ2) is 13.5. The molecule has 42 heavy (non-hydrogen) atoms. The van der Waals surface area contributed by atoms with E-state index >= 15 is 0 Å². The predicted octanol–water partition coefficient (Wildman–Crippen LogP) is 0.797. The molecule has 0 saturated carbocycles. The molecule has 0 aliphatic rings. The van der Waals surface area contributed by atoms with Gasteiger partial charge in [-0.1, -0.05) is 36.4 Å². The molecule has 9 N–H and O–H groups in total. The number of carboxylic acids is 2. The van der Waals surface area contributed by atoms with Gasteiger partial charge in [0.15, 0.2) is 0 Å². The number of amides is 3. The molecule has 0 saturated heterocycles. The van der Waals surface area contributed by atoms with E-state index in [0.29, 0.717) is 5.56 Å². The molecule has 0 spiro atoms. The Balaban J connectivity index is 1.34. The normalized spacial score (nSPS) is 13.3. The van der Waals surface area contributed by atoms with Crippen LogP contribution in [0.25, 0.3) is 21.8 Å². The van der Waals surface area contributed by atoms with Crippen molar-refractivity contribution in [2.75, 3.05) is 6.54 Å². The van der Waals surface area contributed by atoms with Gasteiger partial charge >= 0.3 is 11.9 Å². The monoisotopic (exact) mass is 576 g/mol. The molecule has 3 atom stereocenters. The maximum atomic E-state index is 13.0. The minimum Gasteiger partial charge on any atom is -0.481 e. The Hall–Kier alpha value is -5.17. The lowest BCUT2D eigenvalue weighted by molar-refractivity contribution is -0.143. The van der Waals surface area contributed by atoms with Crippen LogP contribution in [0.2, 0.25) is 0 Å². The first kappa shape index (κ1) is 29.8. The molecule has 3 amide bonds. The van der Waals surface area contributed by atoms with E-state index in [1.165, 1.54) is 0 Å². The number of carboxylic acid groups (broad SMARTS) is 2. The highest BCUT2D eigenvalue weighted by Crippen LogP contribution is 2.20. The predicted molar refractivity (Wildman–Crippen MR) is 153 cm³/mol. The lowest BCUT2D eigenvalue weighted by Gasteiger charge is -2.21. The summed E-state index contributed by atoms with van der Waals surface area (Å²) < 4.78 is 0. The third kappa shape index (κ3) is 7.52. The van der Waals surface area contributed by atoms with Crippen molar-refractivity contribution in [2.24, 2.45) is 5.73 Å². The number of rotatable bonds is 14. The maximum Gasteiger partial charge on any atom is 0.326 e. The summed E-state index contributed by atoms with van der Waals surface area (Å²) in [6.07, 6.45) is 2.84. The smallest absolute Gasteiger partial charge is 0.326 e. The zero-order chi connectivity index (χ0) is 30.2. The van der Waals surface area contributed by atoms with Crippen LogP contribution in [0.4, 0.5) is 0 Å². The van der Waals surface area contributed by atoms with Crippen LogP contribution in [0.5, 0.6) is 0 Å². The third-order valence-corrected chi connectivity index (χ3v) is 6.89. The molecule has 0 radical (unpaired) electrons. The number of aromatic nitrogens is 2. The van der Waals surface area contributed by atoms with Crippen LogP contribution in [0.15, 0.2) is 60.9 Å². The highest BCUT2D eigenvalue weighted by molar-refractivity contribution is 5.93. The van der Waals surface area contributed by atoms with Gasteiger partial charge in [-0.05, 0) is 36.1 Å². The molecule has 4 rings (SSSR count). The Kier molecular flexibility index (Phi) is 9.55. The summed E-state index contributed by atoms with van der Waals surface area (Å²) in [6, 6.07) is 11.2. The lowest BCUT2D eigenvalue weighted by atomic mass is 10.0. The van der Waals surface area contributed by atoms with Gasteiger partial charge in [-0.15, -0.1) is 0 Å². The Morgan fingerprint density at radius 3 is 1.90 bits per heavy atom. The molecular weight excluding hydrogens is 544 g/mol. The number of aliphatic carboxylic acids is 2. The molecule has 4 aromatic rings. The molecule has 13 heteroatoms. The summed E-state index contributed by atoms with van der Waals surface area (Å²) in [5, 5.41) is 27.8. The molecule has 0 aliphatic heterocycles. The number of para-hydroxylation sites is 2. The van der Waals surface area contributed by atoms with Crippen molar-refractivity contribution >= 4 is 51.5 Å². The zero-order valence-electron chi connectivity index (χ0n) is 22.6. The van der Waals surface area contributed by atoms with E-state index in [0.717, 1.165) is 27.4 Å². The van der Waals surface area contributed by atoms with Gasteiger partial charge in [0, 0.05) is 47.0 Å². The summed E-state index contributed by atoms with van der Waals surface area (Å²) >= 11 is 0. The largest absolute Gasteiger partial charge is 0.481 e. The van der Waals surface area contributed by atoms with E-state index in [4.69, 9.17) is 10.8 Å². The topological polar surface area (TPSA) is 219 Å². The summed E-state index contributed by atoms with van der Waals surface area (Å²) in [7, 11) is 0. The summed E-state index contributed by atoms with van der Waals surface area (Å²) in [4.78, 5) is 67.5. The average molecular weight is 577 g/mol. The molecule has 2 heterocycles. The number of aromatic amines is 2. The van der Waals surface area contributed by atoms with Crippen molar-refractivity contribution < 1.29 is 34.2 Å². The molecule has 0 aliphatic carbocycles. The molecule has 3 unspecified atom stereocenters. The molecule has 0 fully saturated rings. The first-order valence-electron chi connectivity index (χ1n) is 13.3. The van der Waals surface area contributed by atoms with Gasteiger partial charge in [0.05, 0.1) is 12.6 Å². The summed E-state index contributed by atoms with van der Waals surface area (Å²) in [6.45, 7) is -0.519. The molecule has 220 valence electrons. The fourth-order valence-corrected chi connectivity index (χ4v) is 4.70.